The summed E-state index contributed by atoms with van der Waals surface area (Å²) in [5, 5.41) is 3.05. The van der Waals surface area contributed by atoms with Gasteiger partial charge in [0.15, 0.2) is 0 Å². The Morgan fingerprint density at radius 3 is 2.36 bits per heavy atom. The Labute approximate surface area is 151 Å². The Morgan fingerprint density at radius 2 is 1.68 bits per heavy atom. The minimum absolute atomic E-state index is 0.00676. The van der Waals surface area contributed by atoms with Gasteiger partial charge in [-0.15, -0.1) is 0 Å². The molecule has 3 heteroatoms. The monoisotopic (exact) mass is 336 g/mol. The largest absolute Gasteiger partial charge is 0.351 e. The van der Waals surface area contributed by atoms with Crippen molar-refractivity contribution in [3.05, 3.63) is 71.3 Å². The maximum absolute atomic E-state index is 12.4. The average molecular weight is 336 g/mol. The molecule has 0 saturated carbocycles. The van der Waals surface area contributed by atoms with Gasteiger partial charge in [-0.3, -0.25) is 9.69 Å². The van der Waals surface area contributed by atoms with Gasteiger partial charge in [0.25, 0.3) is 5.91 Å². The van der Waals surface area contributed by atoms with E-state index in [1.165, 1.54) is 43.5 Å². The van der Waals surface area contributed by atoms with Gasteiger partial charge in [-0.25, -0.2) is 0 Å². The van der Waals surface area contributed by atoms with Gasteiger partial charge in [0.1, 0.15) is 0 Å². The smallest absolute Gasteiger partial charge is 0.251 e. The minimum atomic E-state index is 0.00676. The van der Waals surface area contributed by atoms with Crippen LogP contribution in [0, 0.1) is 0 Å². The van der Waals surface area contributed by atoms with Gasteiger partial charge in [0.05, 0.1) is 0 Å². The van der Waals surface area contributed by atoms with Crippen molar-refractivity contribution in [3.8, 4) is 0 Å². The molecule has 25 heavy (non-hydrogen) atoms. The molecule has 0 aliphatic carbocycles. The number of benzene rings is 2. The van der Waals surface area contributed by atoms with Gasteiger partial charge in [-0.2, -0.15) is 0 Å². The van der Waals surface area contributed by atoms with Crippen LogP contribution in [0.15, 0.2) is 54.6 Å². The highest BCUT2D eigenvalue weighted by molar-refractivity contribution is 5.94. The van der Waals surface area contributed by atoms with Crippen LogP contribution in [0.1, 0.15) is 53.6 Å². The second kappa shape index (κ2) is 8.82. The van der Waals surface area contributed by atoms with Crippen LogP contribution in [0.25, 0.3) is 0 Å². The summed E-state index contributed by atoms with van der Waals surface area (Å²) < 4.78 is 0. The maximum Gasteiger partial charge on any atom is 0.251 e. The topological polar surface area (TPSA) is 32.3 Å². The first-order valence-electron chi connectivity index (χ1n) is 9.37. The Bertz CT molecular complexity index is 660. The van der Waals surface area contributed by atoms with Crippen LogP contribution in [0.4, 0.5) is 0 Å². The van der Waals surface area contributed by atoms with Crippen LogP contribution in [0.5, 0.6) is 0 Å². The lowest BCUT2D eigenvalue weighted by atomic mass is 10.0. The molecule has 3 rings (SSSR count). The second-order valence-corrected chi connectivity index (χ2v) is 7.06. The molecule has 2 aromatic rings. The van der Waals surface area contributed by atoms with Crippen molar-refractivity contribution in [2.24, 2.45) is 0 Å². The lowest BCUT2D eigenvalue weighted by Crippen LogP contribution is -2.29. The Balaban J connectivity index is 1.50. The summed E-state index contributed by atoms with van der Waals surface area (Å²) in [4.78, 5) is 14.9. The SMILES string of the molecule is CC(CNC(=O)c1ccc(CN2CCCCC2)cc1)c1ccccc1. The third-order valence-corrected chi connectivity index (χ3v) is 5.01. The van der Waals surface area contributed by atoms with Gasteiger partial charge in [-0.1, -0.05) is 55.8 Å². The number of carbonyl (C=O) groups excluding carboxylic acids is 1. The molecule has 0 spiro atoms. The van der Waals surface area contributed by atoms with Crippen molar-refractivity contribution in [1.82, 2.24) is 10.2 Å². The van der Waals surface area contributed by atoms with Gasteiger partial charge in [-0.05, 0) is 55.1 Å². The fourth-order valence-electron chi connectivity index (χ4n) is 3.38. The molecule has 1 saturated heterocycles. The zero-order chi connectivity index (χ0) is 17.5. The van der Waals surface area contributed by atoms with Crippen LogP contribution < -0.4 is 5.32 Å². The third-order valence-electron chi connectivity index (χ3n) is 5.01. The minimum Gasteiger partial charge on any atom is -0.351 e. The van der Waals surface area contributed by atoms with Gasteiger partial charge in [0.2, 0.25) is 0 Å². The van der Waals surface area contributed by atoms with Crippen LogP contribution in [-0.4, -0.2) is 30.4 Å². The Kier molecular flexibility index (Phi) is 6.24. The summed E-state index contributed by atoms with van der Waals surface area (Å²) in [5.74, 6) is 0.316. The van der Waals surface area contributed by atoms with E-state index >= 15 is 0 Å². The van der Waals surface area contributed by atoms with E-state index in [1.807, 2.05) is 30.3 Å². The van der Waals surface area contributed by atoms with Crippen LogP contribution in [0.2, 0.25) is 0 Å². The molecule has 1 N–H and O–H groups in total. The van der Waals surface area contributed by atoms with Gasteiger partial charge >= 0.3 is 0 Å². The van der Waals surface area contributed by atoms with E-state index in [0.717, 1.165) is 12.1 Å². The third kappa shape index (κ3) is 5.17. The predicted octanol–water partition coefficient (Wildman–Crippen LogP) is 4.21. The number of amides is 1. The highest BCUT2D eigenvalue weighted by atomic mass is 16.1. The lowest BCUT2D eigenvalue weighted by Gasteiger charge is -2.26. The molecule has 1 fully saturated rings. The van der Waals surface area contributed by atoms with Crippen LogP contribution >= 0.6 is 0 Å². The number of likely N-dealkylation sites (tertiary alicyclic amines) is 1. The van der Waals surface area contributed by atoms with E-state index in [0.29, 0.717) is 12.5 Å². The van der Waals surface area contributed by atoms with Crippen molar-refractivity contribution >= 4 is 5.91 Å². The molecular formula is C22H28N2O. The van der Waals surface area contributed by atoms with E-state index < -0.39 is 0 Å². The molecule has 0 radical (unpaired) electrons. The van der Waals surface area contributed by atoms with E-state index in [2.05, 4.69) is 41.4 Å². The number of carbonyl (C=O) groups is 1. The average Bonchev–Trinajstić information content (AvgIpc) is 2.68. The molecule has 1 atom stereocenters. The summed E-state index contributed by atoms with van der Waals surface area (Å²) >= 11 is 0. The molecule has 132 valence electrons. The number of nitrogens with one attached hydrogen (secondary N) is 1. The molecule has 2 aromatic carbocycles. The van der Waals surface area contributed by atoms with Crippen molar-refractivity contribution in [1.29, 1.82) is 0 Å². The predicted molar refractivity (Wildman–Crippen MR) is 103 cm³/mol. The van der Waals surface area contributed by atoms with E-state index in [9.17, 15) is 4.79 Å². The molecule has 3 nitrogen and oxygen atoms in total. The van der Waals surface area contributed by atoms with Crippen molar-refractivity contribution in [2.45, 2.75) is 38.6 Å². The first-order chi connectivity index (χ1) is 12.2. The van der Waals surface area contributed by atoms with E-state index in [4.69, 9.17) is 0 Å². The standard InChI is InChI=1S/C22H28N2O/c1-18(20-8-4-2-5-9-20)16-23-22(25)21-12-10-19(11-13-21)17-24-14-6-3-7-15-24/h2,4-5,8-13,18H,3,6-7,14-17H2,1H3,(H,23,25). The normalized spacial score (nSPS) is 16.4. The second-order valence-electron chi connectivity index (χ2n) is 7.06. The molecule has 1 aliphatic rings. The number of hydrogen-bond donors (Lipinski definition) is 1. The summed E-state index contributed by atoms with van der Waals surface area (Å²) in [7, 11) is 0. The van der Waals surface area contributed by atoms with E-state index in [-0.39, 0.29) is 5.91 Å². The Hall–Kier alpha value is -2.13. The van der Waals surface area contributed by atoms with Crippen LogP contribution in [-0.2, 0) is 6.54 Å². The molecule has 0 aromatic heterocycles. The molecule has 1 unspecified atom stereocenters. The molecule has 1 amide bonds. The first kappa shape index (κ1) is 17.7. The number of piperidine rings is 1. The molecule has 1 heterocycles. The first-order valence-corrected chi connectivity index (χ1v) is 9.37. The molecular weight excluding hydrogens is 308 g/mol. The fraction of sp³-hybridized carbons (Fsp3) is 0.409. The summed E-state index contributed by atoms with van der Waals surface area (Å²) in [6.07, 6.45) is 3.97. The number of hydrogen-bond acceptors (Lipinski definition) is 2. The number of nitrogens with zero attached hydrogens (tertiary/aromatic N) is 1. The summed E-state index contributed by atoms with van der Waals surface area (Å²) in [6.45, 7) is 6.17. The quantitative estimate of drug-likeness (QED) is 0.857. The van der Waals surface area contributed by atoms with Crippen molar-refractivity contribution in [2.75, 3.05) is 19.6 Å². The summed E-state index contributed by atoms with van der Waals surface area (Å²) in [5.41, 5.74) is 3.28. The van der Waals surface area contributed by atoms with Crippen LogP contribution in [0.3, 0.4) is 0 Å². The van der Waals surface area contributed by atoms with E-state index in [1.54, 1.807) is 0 Å². The van der Waals surface area contributed by atoms with Crippen molar-refractivity contribution in [3.63, 3.8) is 0 Å². The lowest BCUT2D eigenvalue weighted by molar-refractivity contribution is 0.0951. The number of rotatable bonds is 6. The highest BCUT2D eigenvalue weighted by Gasteiger charge is 2.12. The highest BCUT2D eigenvalue weighted by Crippen LogP contribution is 2.15. The maximum atomic E-state index is 12.4. The van der Waals surface area contributed by atoms with Crippen molar-refractivity contribution < 1.29 is 4.79 Å². The zero-order valence-corrected chi connectivity index (χ0v) is 15.1. The molecule has 1 aliphatic heterocycles. The molecule has 0 bridgehead atoms. The summed E-state index contributed by atoms with van der Waals surface area (Å²) in [6, 6.07) is 18.4. The fourth-order valence-corrected chi connectivity index (χ4v) is 3.38. The Morgan fingerprint density at radius 1 is 1.00 bits per heavy atom. The van der Waals surface area contributed by atoms with Gasteiger partial charge in [0, 0.05) is 18.7 Å². The zero-order valence-electron chi connectivity index (χ0n) is 15.1. The van der Waals surface area contributed by atoms with Gasteiger partial charge < -0.3 is 5.32 Å².